The Bertz CT molecular complexity index is 582. The van der Waals surface area contributed by atoms with Crippen molar-refractivity contribution in [2.24, 2.45) is 0 Å². The van der Waals surface area contributed by atoms with Crippen LogP contribution in [0, 0.1) is 11.3 Å². The summed E-state index contributed by atoms with van der Waals surface area (Å²) in [4.78, 5) is 10.9. The molecule has 0 saturated carbocycles. The maximum Gasteiger partial charge on any atom is 0.180 e. The summed E-state index contributed by atoms with van der Waals surface area (Å²) in [7, 11) is 1.93. The number of nitriles is 1. The highest BCUT2D eigenvalue weighted by molar-refractivity contribution is 5.66. The van der Waals surface area contributed by atoms with Gasteiger partial charge in [-0.1, -0.05) is 6.92 Å². The van der Waals surface area contributed by atoms with Crippen LogP contribution in [0.15, 0.2) is 18.6 Å². The number of hydrogen-bond donors (Lipinski definition) is 1. The smallest absolute Gasteiger partial charge is 0.180 e. The van der Waals surface area contributed by atoms with Gasteiger partial charge in [-0.2, -0.15) is 5.26 Å². The van der Waals surface area contributed by atoms with E-state index in [1.807, 2.05) is 28.7 Å². The first kappa shape index (κ1) is 13.1. The SMILES string of the molecule is CCCNc1cn2ccnc2c(N(C)CCC#N)n1. The third-order valence-electron chi connectivity index (χ3n) is 2.83. The number of rotatable bonds is 6. The molecule has 0 unspecified atom stereocenters. The highest BCUT2D eigenvalue weighted by Crippen LogP contribution is 2.19. The van der Waals surface area contributed by atoms with Crippen molar-refractivity contribution in [2.45, 2.75) is 19.8 Å². The van der Waals surface area contributed by atoms with Crippen LogP contribution in [0.1, 0.15) is 19.8 Å². The summed E-state index contributed by atoms with van der Waals surface area (Å²) in [5, 5.41) is 12.0. The van der Waals surface area contributed by atoms with E-state index in [1.54, 1.807) is 6.20 Å². The highest BCUT2D eigenvalue weighted by atomic mass is 15.2. The minimum absolute atomic E-state index is 0.470. The molecule has 1 N–H and O–H groups in total. The molecule has 0 amide bonds. The number of anilines is 2. The molecule has 0 bridgehead atoms. The van der Waals surface area contributed by atoms with Gasteiger partial charge >= 0.3 is 0 Å². The predicted molar refractivity (Wildman–Crippen MR) is 75.3 cm³/mol. The van der Waals surface area contributed by atoms with E-state index in [1.165, 1.54) is 0 Å². The Morgan fingerprint density at radius 2 is 2.37 bits per heavy atom. The first-order chi connectivity index (χ1) is 9.26. The van der Waals surface area contributed by atoms with Crippen LogP contribution in [0.2, 0.25) is 0 Å². The largest absolute Gasteiger partial charge is 0.369 e. The van der Waals surface area contributed by atoms with Gasteiger partial charge in [-0.3, -0.25) is 0 Å². The van der Waals surface area contributed by atoms with E-state index in [-0.39, 0.29) is 0 Å². The van der Waals surface area contributed by atoms with E-state index in [0.717, 1.165) is 30.2 Å². The Hall–Kier alpha value is -2.29. The summed E-state index contributed by atoms with van der Waals surface area (Å²) in [6.45, 7) is 3.64. The molecule has 0 spiro atoms. The molecule has 0 aliphatic rings. The van der Waals surface area contributed by atoms with Crippen LogP contribution in [0.3, 0.4) is 0 Å². The molecule has 0 aliphatic heterocycles. The van der Waals surface area contributed by atoms with Crippen molar-refractivity contribution in [3.63, 3.8) is 0 Å². The zero-order valence-corrected chi connectivity index (χ0v) is 11.3. The Morgan fingerprint density at radius 3 is 3.11 bits per heavy atom. The van der Waals surface area contributed by atoms with Gasteiger partial charge in [-0.05, 0) is 6.42 Å². The van der Waals surface area contributed by atoms with Gasteiger partial charge in [0.25, 0.3) is 0 Å². The van der Waals surface area contributed by atoms with Gasteiger partial charge in [0, 0.05) is 32.5 Å². The highest BCUT2D eigenvalue weighted by Gasteiger charge is 2.11. The Kier molecular flexibility index (Phi) is 4.18. The summed E-state index contributed by atoms with van der Waals surface area (Å²) in [5.74, 6) is 1.62. The zero-order valence-electron chi connectivity index (χ0n) is 11.3. The molecule has 100 valence electrons. The fraction of sp³-hybridized carbons (Fsp3) is 0.462. The van der Waals surface area contributed by atoms with Crippen molar-refractivity contribution in [1.82, 2.24) is 14.4 Å². The Balaban J connectivity index is 2.33. The summed E-state index contributed by atoms with van der Waals surface area (Å²) in [6.07, 6.45) is 7.10. The average molecular weight is 258 g/mol. The van der Waals surface area contributed by atoms with Crippen LogP contribution in [-0.4, -0.2) is 34.5 Å². The van der Waals surface area contributed by atoms with Gasteiger partial charge in [0.15, 0.2) is 11.5 Å². The molecule has 2 heterocycles. The topological polar surface area (TPSA) is 69.2 Å². The van der Waals surface area contributed by atoms with Gasteiger partial charge in [0.2, 0.25) is 0 Å². The van der Waals surface area contributed by atoms with Crippen LogP contribution < -0.4 is 10.2 Å². The normalized spacial score (nSPS) is 10.4. The van der Waals surface area contributed by atoms with Crippen LogP contribution in [-0.2, 0) is 0 Å². The fourth-order valence-corrected chi connectivity index (χ4v) is 1.83. The lowest BCUT2D eigenvalue weighted by atomic mass is 10.4. The fourth-order valence-electron chi connectivity index (χ4n) is 1.83. The van der Waals surface area contributed by atoms with E-state index in [9.17, 15) is 0 Å². The summed E-state index contributed by atoms with van der Waals surface area (Å²) in [5.41, 5.74) is 0.808. The minimum Gasteiger partial charge on any atom is -0.369 e. The maximum absolute atomic E-state index is 8.68. The number of nitrogens with zero attached hydrogens (tertiary/aromatic N) is 5. The zero-order chi connectivity index (χ0) is 13.7. The van der Waals surface area contributed by atoms with E-state index < -0.39 is 0 Å². The number of imidazole rings is 1. The first-order valence-electron chi connectivity index (χ1n) is 6.42. The third-order valence-corrected chi connectivity index (χ3v) is 2.83. The van der Waals surface area contributed by atoms with Crippen molar-refractivity contribution in [3.8, 4) is 6.07 Å². The van der Waals surface area contributed by atoms with Crippen molar-refractivity contribution in [3.05, 3.63) is 18.6 Å². The second-order valence-corrected chi connectivity index (χ2v) is 4.36. The second-order valence-electron chi connectivity index (χ2n) is 4.36. The quantitative estimate of drug-likeness (QED) is 0.857. The van der Waals surface area contributed by atoms with Crippen molar-refractivity contribution < 1.29 is 0 Å². The third kappa shape index (κ3) is 2.94. The molecular formula is C13H18N6. The van der Waals surface area contributed by atoms with Crippen LogP contribution in [0.5, 0.6) is 0 Å². The van der Waals surface area contributed by atoms with Gasteiger partial charge in [0.05, 0.1) is 18.7 Å². The standard InChI is InChI=1S/C13H18N6/c1-3-6-15-11-10-19-9-7-16-12(19)13(17-11)18(2)8-4-5-14/h7,9-10,15H,3-4,6,8H2,1-2H3. The Labute approximate surface area is 112 Å². The lowest BCUT2D eigenvalue weighted by Crippen LogP contribution is -2.21. The van der Waals surface area contributed by atoms with Crippen LogP contribution >= 0.6 is 0 Å². The number of hydrogen-bond acceptors (Lipinski definition) is 5. The molecule has 2 aromatic rings. The Morgan fingerprint density at radius 1 is 1.53 bits per heavy atom. The maximum atomic E-state index is 8.68. The van der Waals surface area contributed by atoms with Gasteiger partial charge < -0.3 is 14.6 Å². The number of fused-ring (bicyclic) bond motifs is 1. The van der Waals surface area contributed by atoms with Crippen molar-refractivity contribution in [1.29, 1.82) is 5.26 Å². The monoisotopic (exact) mass is 258 g/mol. The number of nitrogens with one attached hydrogen (secondary N) is 1. The van der Waals surface area contributed by atoms with E-state index in [0.29, 0.717) is 13.0 Å². The molecule has 6 heteroatoms. The first-order valence-corrected chi connectivity index (χ1v) is 6.42. The summed E-state index contributed by atoms with van der Waals surface area (Å²) in [6, 6.07) is 2.15. The second kappa shape index (κ2) is 6.05. The molecule has 6 nitrogen and oxygen atoms in total. The van der Waals surface area contributed by atoms with E-state index >= 15 is 0 Å². The lowest BCUT2D eigenvalue weighted by molar-refractivity contribution is 0.877. The summed E-state index contributed by atoms with van der Waals surface area (Å²) < 4.78 is 1.95. The van der Waals surface area contributed by atoms with Crippen molar-refractivity contribution >= 4 is 17.3 Å². The predicted octanol–water partition coefficient (Wildman–Crippen LogP) is 1.90. The van der Waals surface area contributed by atoms with Gasteiger partial charge in [0.1, 0.15) is 5.82 Å². The molecule has 0 radical (unpaired) electrons. The van der Waals surface area contributed by atoms with Crippen LogP contribution in [0.4, 0.5) is 11.6 Å². The minimum atomic E-state index is 0.470. The van der Waals surface area contributed by atoms with E-state index in [2.05, 4.69) is 28.3 Å². The molecular weight excluding hydrogens is 240 g/mol. The molecule has 2 aromatic heterocycles. The molecule has 19 heavy (non-hydrogen) atoms. The van der Waals surface area contributed by atoms with Gasteiger partial charge in [-0.15, -0.1) is 0 Å². The van der Waals surface area contributed by atoms with Crippen LogP contribution in [0.25, 0.3) is 5.65 Å². The van der Waals surface area contributed by atoms with E-state index in [4.69, 9.17) is 5.26 Å². The van der Waals surface area contributed by atoms with Gasteiger partial charge in [-0.25, -0.2) is 9.97 Å². The number of aromatic nitrogens is 3. The molecule has 0 atom stereocenters. The lowest BCUT2D eigenvalue weighted by Gasteiger charge is -2.18. The van der Waals surface area contributed by atoms with Crippen molar-refractivity contribution in [2.75, 3.05) is 30.4 Å². The molecule has 2 rings (SSSR count). The molecule has 0 saturated heterocycles. The molecule has 0 aromatic carbocycles. The molecule has 0 aliphatic carbocycles. The average Bonchev–Trinajstić information content (AvgIpc) is 2.89. The molecule has 0 fully saturated rings. The summed E-state index contributed by atoms with van der Waals surface area (Å²) >= 11 is 0.